The number of carbonyl (C=O) groups is 3. The summed E-state index contributed by atoms with van der Waals surface area (Å²) in [6, 6.07) is 13.9. The van der Waals surface area contributed by atoms with E-state index in [0.29, 0.717) is 32.8 Å². The van der Waals surface area contributed by atoms with Crippen LogP contribution in [0.1, 0.15) is 22.3 Å². The quantitative estimate of drug-likeness (QED) is 0.324. The number of amides is 4. The molecule has 0 aliphatic carbocycles. The van der Waals surface area contributed by atoms with Gasteiger partial charge in [-0.1, -0.05) is 40.2 Å². The van der Waals surface area contributed by atoms with E-state index >= 15 is 0 Å². The van der Waals surface area contributed by atoms with Crippen molar-refractivity contribution in [2.45, 2.75) is 20.5 Å². The Morgan fingerprint density at radius 1 is 1.00 bits per heavy atom. The summed E-state index contributed by atoms with van der Waals surface area (Å²) in [4.78, 5) is 39.3. The van der Waals surface area contributed by atoms with Gasteiger partial charge in [0.2, 0.25) is 0 Å². The maximum absolute atomic E-state index is 14.0. The van der Waals surface area contributed by atoms with Crippen molar-refractivity contribution in [3.8, 4) is 11.5 Å². The molecule has 0 radical (unpaired) electrons. The average Bonchev–Trinajstić information content (AvgIpc) is 2.81. The number of hydrogen-bond acceptors (Lipinski definition) is 5. The molecule has 3 aromatic carbocycles. The average molecular weight is 553 g/mol. The summed E-state index contributed by atoms with van der Waals surface area (Å²) in [5.41, 5.74) is 2.69. The zero-order valence-electron chi connectivity index (χ0n) is 19.7. The Hall–Kier alpha value is -3.98. The number of halogens is 2. The smallest absolute Gasteiger partial charge is 0.335 e. The van der Waals surface area contributed by atoms with Gasteiger partial charge >= 0.3 is 6.03 Å². The fraction of sp³-hybridized carbons (Fsp3) is 0.148. The number of anilines is 1. The number of benzene rings is 3. The van der Waals surface area contributed by atoms with Crippen LogP contribution in [0.5, 0.6) is 11.5 Å². The Labute approximate surface area is 215 Å². The molecule has 9 heteroatoms. The molecule has 1 aliphatic rings. The van der Waals surface area contributed by atoms with Crippen molar-refractivity contribution in [3.05, 3.63) is 92.7 Å². The third kappa shape index (κ3) is 5.16. The predicted octanol–water partition coefficient (Wildman–Crippen LogP) is 5.46. The van der Waals surface area contributed by atoms with Gasteiger partial charge in [0.1, 0.15) is 18.0 Å². The van der Waals surface area contributed by atoms with Gasteiger partial charge in [-0.25, -0.2) is 14.1 Å². The first kappa shape index (κ1) is 25.1. The number of rotatable bonds is 6. The monoisotopic (exact) mass is 552 g/mol. The van der Waals surface area contributed by atoms with Gasteiger partial charge in [0.05, 0.1) is 12.8 Å². The minimum atomic E-state index is -0.819. The predicted molar refractivity (Wildman–Crippen MR) is 136 cm³/mol. The maximum atomic E-state index is 14.0. The largest absolute Gasteiger partial charge is 0.493 e. The highest BCUT2D eigenvalue weighted by Crippen LogP contribution is 2.36. The van der Waals surface area contributed by atoms with Crippen LogP contribution < -0.4 is 19.7 Å². The molecule has 4 rings (SSSR count). The fourth-order valence-corrected chi connectivity index (χ4v) is 4.27. The summed E-state index contributed by atoms with van der Waals surface area (Å²) < 4.78 is 25.6. The number of barbiturate groups is 1. The molecule has 4 amide bonds. The Balaban J connectivity index is 1.67. The van der Waals surface area contributed by atoms with E-state index in [-0.39, 0.29) is 18.0 Å². The first-order valence-corrected chi connectivity index (χ1v) is 11.7. The fourth-order valence-electron chi connectivity index (χ4n) is 3.83. The Kier molecular flexibility index (Phi) is 7.21. The molecule has 0 saturated carbocycles. The molecule has 1 aliphatic heterocycles. The molecule has 1 N–H and O–H groups in total. The number of hydrogen-bond donors (Lipinski definition) is 1. The van der Waals surface area contributed by atoms with E-state index in [9.17, 15) is 18.8 Å². The van der Waals surface area contributed by atoms with Crippen molar-refractivity contribution >= 4 is 45.5 Å². The molecule has 1 heterocycles. The molecule has 1 saturated heterocycles. The van der Waals surface area contributed by atoms with Gasteiger partial charge < -0.3 is 9.47 Å². The van der Waals surface area contributed by atoms with Gasteiger partial charge in [-0.2, -0.15) is 0 Å². The first-order chi connectivity index (χ1) is 17.2. The van der Waals surface area contributed by atoms with Gasteiger partial charge in [0.25, 0.3) is 11.8 Å². The number of imide groups is 2. The van der Waals surface area contributed by atoms with Crippen LogP contribution in [0.2, 0.25) is 0 Å². The van der Waals surface area contributed by atoms with Crippen LogP contribution in [-0.4, -0.2) is 25.0 Å². The lowest BCUT2D eigenvalue weighted by molar-refractivity contribution is -0.122. The van der Waals surface area contributed by atoms with Crippen molar-refractivity contribution < 1.29 is 28.2 Å². The molecular weight excluding hydrogens is 531 g/mol. The first-order valence-electron chi connectivity index (χ1n) is 10.9. The van der Waals surface area contributed by atoms with Gasteiger partial charge in [0, 0.05) is 10.0 Å². The van der Waals surface area contributed by atoms with Crippen LogP contribution in [0.25, 0.3) is 6.08 Å². The van der Waals surface area contributed by atoms with Crippen LogP contribution >= 0.6 is 15.9 Å². The second kappa shape index (κ2) is 10.3. The number of nitrogens with zero attached hydrogens (tertiary/aromatic N) is 1. The molecule has 184 valence electrons. The molecule has 3 aromatic rings. The maximum Gasteiger partial charge on any atom is 0.335 e. The Morgan fingerprint density at radius 3 is 2.36 bits per heavy atom. The number of nitrogens with one attached hydrogen (secondary N) is 1. The molecule has 1 fully saturated rings. The number of aryl methyl sites for hydroxylation is 2. The SMILES string of the molecule is COc1cc(/C=C2\C(=O)NC(=O)N(c3cc(C)cc(C)c3)C2=O)c(Br)cc1OCc1ccccc1F. The number of carbonyl (C=O) groups excluding carboxylic acids is 3. The Morgan fingerprint density at radius 2 is 1.69 bits per heavy atom. The van der Waals surface area contributed by atoms with Crippen LogP contribution in [0.15, 0.2) is 64.6 Å². The van der Waals surface area contributed by atoms with Gasteiger partial charge in [0.15, 0.2) is 11.5 Å². The lowest BCUT2D eigenvalue weighted by atomic mass is 10.0. The molecule has 0 atom stereocenters. The molecule has 0 unspecified atom stereocenters. The summed E-state index contributed by atoms with van der Waals surface area (Å²) in [7, 11) is 1.44. The lowest BCUT2D eigenvalue weighted by Crippen LogP contribution is -2.54. The van der Waals surface area contributed by atoms with Crippen molar-refractivity contribution in [1.82, 2.24) is 5.32 Å². The molecule has 0 spiro atoms. The summed E-state index contributed by atoms with van der Waals surface area (Å²) in [6.07, 6.45) is 1.37. The van der Waals surface area contributed by atoms with Gasteiger partial charge in [-0.3, -0.25) is 14.9 Å². The summed E-state index contributed by atoms with van der Waals surface area (Å²) >= 11 is 3.43. The zero-order chi connectivity index (χ0) is 26.0. The van der Waals surface area contributed by atoms with E-state index in [4.69, 9.17) is 9.47 Å². The van der Waals surface area contributed by atoms with Crippen LogP contribution in [0.3, 0.4) is 0 Å². The number of urea groups is 1. The van der Waals surface area contributed by atoms with Gasteiger partial charge in [-0.05, 0) is 66.9 Å². The molecule has 0 bridgehead atoms. The molecule has 0 aromatic heterocycles. The van der Waals surface area contributed by atoms with Gasteiger partial charge in [-0.15, -0.1) is 0 Å². The third-order valence-corrected chi connectivity index (χ3v) is 6.18. The van der Waals surface area contributed by atoms with E-state index in [1.165, 1.54) is 19.3 Å². The highest BCUT2D eigenvalue weighted by Gasteiger charge is 2.37. The number of ether oxygens (including phenoxy) is 2. The van der Waals surface area contributed by atoms with E-state index < -0.39 is 17.8 Å². The summed E-state index contributed by atoms with van der Waals surface area (Å²) in [5, 5.41) is 2.22. The highest BCUT2D eigenvalue weighted by molar-refractivity contribution is 9.10. The van der Waals surface area contributed by atoms with E-state index in [1.54, 1.807) is 42.5 Å². The molecule has 36 heavy (non-hydrogen) atoms. The third-order valence-electron chi connectivity index (χ3n) is 5.49. The summed E-state index contributed by atoms with van der Waals surface area (Å²) in [6.45, 7) is 3.68. The standard InChI is InChI=1S/C27H22BrFN2O5/c1-15-8-16(2)10-19(9-15)31-26(33)20(25(32)30-27(31)34)11-18-12-23(35-3)24(13-21(18)28)36-14-17-6-4-5-7-22(17)29/h4-13H,14H2,1-3H3,(H,30,32,34)/b20-11+. The van der Waals surface area contributed by atoms with Crippen LogP contribution in [0.4, 0.5) is 14.9 Å². The Bertz CT molecular complexity index is 1400. The minimum Gasteiger partial charge on any atom is -0.493 e. The molecular formula is C27H22BrFN2O5. The van der Waals surface area contributed by atoms with Crippen LogP contribution in [0, 0.1) is 19.7 Å². The van der Waals surface area contributed by atoms with Crippen molar-refractivity contribution in [2.24, 2.45) is 0 Å². The normalized spacial score (nSPS) is 14.8. The van der Waals surface area contributed by atoms with Crippen LogP contribution in [-0.2, 0) is 16.2 Å². The van der Waals surface area contributed by atoms with E-state index in [2.05, 4.69) is 21.2 Å². The lowest BCUT2D eigenvalue weighted by Gasteiger charge is -2.27. The zero-order valence-corrected chi connectivity index (χ0v) is 21.3. The molecule has 7 nitrogen and oxygen atoms in total. The number of methoxy groups -OCH3 is 1. The minimum absolute atomic E-state index is 0.0240. The second-order valence-electron chi connectivity index (χ2n) is 8.21. The summed E-state index contributed by atoms with van der Waals surface area (Å²) in [5.74, 6) is -1.30. The van der Waals surface area contributed by atoms with Crippen molar-refractivity contribution in [2.75, 3.05) is 12.0 Å². The second-order valence-corrected chi connectivity index (χ2v) is 9.06. The topological polar surface area (TPSA) is 84.9 Å². The van der Waals surface area contributed by atoms with Crippen molar-refractivity contribution in [1.29, 1.82) is 0 Å². The van der Waals surface area contributed by atoms with Crippen molar-refractivity contribution in [3.63, 3.8) is 0 Å². The van der Waals surface area contributed by atoms with E-state index in [0.717, 1.165) is 16.0 Å². The van der Waals surface area contributed by atoms with E-state index in [1.807, 2.05) is 19.9 Å². The highest BCUT2D eigenvalue weighted by atomic mass is 79.9.